The zero-order chi connectivity index (χ0) is 19.4. The van der Waals surface area contributed by atoms with Gasteiger partial charge in [-0.25, -0.2) is 0 Å². The SMILES string of the molecule is O=C1S/C(=C/c2cc([N+](=O)[O-])ccc2Cl)C(=O)N1CCCc1ccccc1. The number of carbonyl (C=O) groups excluding carboxylic acids is 2. The summed E-state index contributed by atoms with van der Waals surface area (Å²) in [5.74, 6) is -0.402. The molecule has 2 amide bonds. The Morgan fingerprint density at radius 2 is 1.89 bits per heavy atom. The van der Waals surface area contributed by atoms with Crippen LogP contribution in [0, 0.1) is 10.1 Å². The van der Waals surface area contributed by atoms with E-state index in [0.29, 0.717) is 18.5 Å². The summed E-state index contributed by atoms with van der Waals surface area (Å²) in [5.41, 5.74) is 1.34. The Balaban J connectivity index is 1.71. The van der Waals surface area contributed by atoms with Gasteiger partial charge in [0.1, 0.15) is 0 Å². The van der Waals surface area contributed by atoms with Crippen LogP contribution in [0.15, 0.2) is 53.4 Å². The van der Waals surface area contributed by atoms with Crippen molar-refractivity contribution in [1.29, 1.82) is 0 Å². The predicted octanol–water partition coefficient (Wildman–Crippen LogP) is 4.92. The van der Waals surface area contributed by atoms with Gasteiger partial charge in [0, 0.05) is 29.3 Å². The van der Waals surface area contributed by atoms with E-state index in [9.17, 15) is 19.7 Å². The van der Waals surface area contributed by atoms with Crippen LogP contribution in [-0.4, -0.2) is 27.5 Å². The fraction of sp³-hybridized carbons (Fsp3) is 0.158. The second-order valence-corrected chi connectivity index (χ2v) is 7.29. The Morgan fingerprint density at radius 3 is 2.59 bits per heavy atom. The number of nitro groups is 1. The molecule has 138 valence electrons. The number of benzene rings is 2. The molecule has 0 spiro atoms. The van der Waals surface area contributed by atoms with E-state index in [1.807, 2.05) is 30.3 Å². The summed E-state index contributed by atoms with van der Waals surface area (Å²) in [4.78, 5) is 36.5. The normalized spacial score (nSPS) is 15.6. The summed E-state index contributed by atoms with van der Waals surface area (Å²) in [6, 6.07) is 13.8. The quantitative estimate of drug-likeness (QED) is 0.389. The van der Waals surface area contributed by atoms with Crippen molar-refractivity contribution >= 4 is 46.3 Å². The van der Waals surface area contributed by atoms with Crippen LogP contribution in [0.1, 0.15) is 17.5 Å². The Bertz CT molecular complexity index is 931. The van der Waals surface area contributed by atoms with Crippen LogP contribution in [0.3, 0.4) is 0 Å². The van der Waals surface area contributed by atoms with Crippen LogP contribution < -0.4 is 0 Å². The first-order valence-corrected chi connectivity index (χ1v) is 9.38. The molecule has 2 aromatic carbocycles. The van der Waals surface area contributed by atoms with Gasteiger partial charge in [0.25, 0.3) is 16.8 Å². The maximum Gasteiger partial charge on any atom is 0.293 e. The summed E-state index contributed by atoms with van der Waals surface area (Å²) < 4.78 is 0. The van der Waals surface area contributed by atoms with Crippen molar-refractivity contribution < 1.29 is 14.5 Å². The number of halogens is 1. The molecule has 0 unspecified atom stereocenters. The van der Waals surface area contributed by atoms with Crippen molar-refractivity contribution in [1.82, 2.24) is 4.90 Å². The molecule has 0 radical (unpaired) electrons. The van der Waals surface area contributed by atoms with Gasteiger partial charge in [-0.15, -0.1) is 0 Å². The molecule has 2 aromatic rings. The molecule has 1 aliphatic rings. The van der Waals surface area contributed by atoms with E-state index >= 15 is 0 Å². The summed E-state index contributed by atoms with van der Waals surface area (Å²) in [5, 5.41) is 10.8. The number of imide groups is 1. The molecule has 0 N–H and O–H groups in total. The number of aryl methyl sites for hydroxylation is 1. The van der Waals surface area contributed by atoms with Gasteiger partial charge in [0.2, 0.25) is 0 Å². The first-order chi connectivity index (χ1) is 13.0. The Kier molecular flexibility index (Phi) is 5.93. The zero-order valence-electron chi connectivity index (χ0n) is 14.1. The number of hydrogen-bond donors (Lipinski definition) is 0. The minimum absolute atomic E-state index is 0.132. The van der Waals surface area contributed by atoms with E-state index in [4.69, 9.17) is 11.6 Å². The molecule has 3 rings (SSSR count). The lowest BCUT2D eigenvalue weighted by molar-refractivity contribution is -0.384. The maximum absolute atomic E-state index is 12.5. The monoisotopic (exact) mass is 402 g/mol. The second kappa shape index (κ2) is 8.37. The van der Waals surface area contributed by atoms with Crippen LogP contribution in [0.25, 0.3) is 6.08 Å². The van der Waals surface area contributed by atoms with E-state index in [2.05, 4.69) is 0 Å². The molecule has 1 aliphatic heterocycles. The molecule has 8 heteroatoms. The Labute approximate surface area is 165 Å². The van der Waals surface area contributed by atoms with Gasteiger partial charge in [-0.05, 0) is 42.3 Å². The largest absolute Gasteiger partial charge is 0.293 e. The smallest absolute Gasteiger partial charge is 0.268 e. The standard InChI is InChI=1S/C19H15ClN2O4S/c20-16-9-8-15(22(25)26)11-14(16)12-17-18(23)21(19(24)27-17)10-4-7-13-5-2-1-3-6-13/h1-3,5-6,8-9,11-12H,4,7,10H2/b17-12+. The molecule has 1 saturated heterocycles. The molecule has 6 nitrogen and oxygen atoms in total. The Hall–Kier alpha value is -2.64. The summed E-state index contributed by atoms with van der Waals surface area (Å²) in [6.45, 7) is 0.319. The highest BCUT2D eigenvalue weighted by molar-refractivity contribution is 8.18. The average Bonchev–Trinajstić information content (AvgIpc) is 2.91. The average molecular weight is 403 g/mol. The van der Waals surface area contributed by atoms with E-state index < -0.39 is 10.8 Å². The number of nitro benzene ring substituents is 1. The minimum Gasteiger partial charge on any atom is -0.268 e. The Morgan fingerprint density at radius 1 is 1.15 bits per heavy atom. The number of amides is 2. The highest BCUT2D eigenvalue weighted by Crippen LogP contribution is 2.34. The fourth-order valence-electron chi connectivity index (χ4n) is 2.68. The van der Waals surface area contributed by atoms with E-state index in [1.165, 1.54) is 29.2 Å². The van der Waals surface area contributed by atoms with Crippen molar-refractivity contribution in [2.45, 2.75) is 12.8 Å². The van der Waals surface area contributed by atoms with E-state index in [1.54, 1.807) is 0 Å². The van der Waals surface area contributed by atoms with Crippen molar-refractivity contribution in [2.24, 2.45) is 0 Å². The van der Waals surface area contributed by atoms with E-state index in [-0.39, 0.29) is 20.9 Å². The maximum atomic E-state index is 12.5. The zero-order valence-corrected chi connectivity index (χ0v) is 15.7. The highest BCUT2D eigenvalue weighted by atomic mass is 35.5. The summed E-state index contributed by atoms with van der Waals surface area (Å²) in [7, 11) is 0. The molecular weight excluding hydrogens is 388 g/mol. The van der Waals surface area contributed by atoms with Crippen molar-refractivity contribution in [3.8, 4) is 0 Å². The highest BCUT2D eigenvalue weighted by Gasteiger charge is 2.34. The van der Waals surface area contributed by atoms with Gasteiger partial charge in [-0.2, -0.15) is 0 Å². The van der Waals surface area contributed by atoms with Crippen LogP contribution in [0.4, 0.5) is 10.5 Å². The van der Waals surface area contributed by atoms with Crippen LogP contribution >= 0.6 is 23.4 Å². The summed E-state index contributed by atoms with van der Waals surface area (Å²) in [6.07, 6.45) is 2.85. The third kappa shape index (κ3) is 4.56. The van der Waals surface area contributed by atoms with Gasteiger partial charge in [0.05, 0.1) is 9.83 Å². The van der Waals surface area contributed by atoms with Gasteiger partial charge in [0.15, 0.2) is 0 Å². The molecule has 1 heterocycles. The van der Waals surface area contributed by atoms with E-state index in [0.717, 1.165) is 23.7 Å². The number of carbonyl (C=O) groups is 2. The van der Waals surface area contributed by atoms with Crippen molar-refractivity contribution in [3.05, 3.63) is 79.7 Å². The molecule has 0 aliphatic carbocycles. The fourth-order valence-corrected chi connectivity index (χ4v) is 3.70. The lowest BCUT2D eigenvalue weighted by atomic mass is 10.1. The molecular formula is C19H15ClN2O4S. The molecule has 0 saturated carbocycles. The summed E-state index contributed by atoms with van der Waals surface area (Å²) >= 11 is 6.88. The van der Waals surface area contributed by atoms with Gasteiger partial charge in [-0.1, -0.05) is 41.9 Å². The van der Waals surface area contributed by atoms with Gasteiger partial charge >= 0.3 is 0 Å². The molecule has 27 heavy (non-hydrogen) atoms. The lowest BCUT2D eigenvalue weighted by Gasteiger charge is -2.12. The third-order valence-electron chi connectivity index (χ3n) is 4.04. The van der Waals surface area contributed by atoms with Crippen molar-refractivity contribution in [2.75, 3.05) is 6.54 Å². The third-order valence-corrected chi connectivity index (χ3v) is 5.29. The number of hydrogen-bond acceptors (Lipinski definition) is 5. The number of thioether (sulfide) groups is 1. The lowest BCUT2D eigenvalue weighted by Crippen LogP contribution is -2.29. The van der Waals surface area contributed by atoms with Gasteiger partial charge < -0.3 is 0 Å². The molecule has 0 bridgehead atoms. The van der Waals surface area contributed by atoms with Gasteiger partial charge in [-0.3, -0.25) is 24.6 Å². The molecule has 0 atom stereocenters. The minimum atomic E-state index is -0.539. The van der Waals surface area contributed by atoms with Crippen LogP contribution in [0.5, 0.6) is 0 Å². The first kappa shape index (κ1) is 19.1. The first-order valence-electron chi connectivity index (χ1n) is 8.19. The topological polar surface area (TPSA) is 80.5 Å². The van der Waals surface area contributed by atoms with Crippen molar-refractivity contribution in [3.63, 3.8) is 0 Å². The van der Waals surface area contributed by atoms with Crippen LogP contribution in [-0.2, 0) is 11.2 Å². The predicted molar refractivity (Wildman–Crippen MR) is 106 cm³/mol. The number of rotatable bonds is 6. The van der Waals surface area contributed by atoms with Crippen LogP contribution in [0.2, 0.25) is 5.02 Å². The molecule has 0 aromatic heterocycles. The second-order valence-electron chi connectivity index (χ2n) is 5.89. The molecule has 1 fully saturated rings. The number of non-ortho nitro benzene ring substituents is 1. The number of nitrogens with zero attached hydrogens (tertiary/aromatic N) is 2.